The van der Waals surface area contributed by atoms with Gasteiger partial charge >= 0.3 is 0 Å². The third-order valence-electron chi connectivity index (χ3n) is 5.21. The molecule has 2 aliphatic rings. The lowest BCUT2D eigenvalue weighted by atomic mass is 9.89. The maximum Gasteiger partial charge on any atom is 0.0605 e. The summed E-state index contributed by atoms with van der Waals surface area (Å²) >= 11 is 0. The maximum absolute atomic E-state index is 6.09. The summed E-state index contributed by atoms with van der Waals surface area (Å²) in [4.78, 5) is 2.67. The molecule has 0 amide bonds. The molecule has 0 spiro atoms. The van der Waals surface area contributed by atoms with Crippen molar-refractivity contribution >= 4 is 0 Å². The van der Waals surface area contributed by atoms with E-state index in [1.54, 1.807) is 0 Å². The first-order valence-corrected chi connectivity index (χ1v) is 9.28. The molecular formula is C18H36N2O. The Balaban J connectivity index is 1.51. The van der Waals surface area contributed by atoms with Crippen LogP contribution < -0.4 is 5.32 Å². The van der Waals surface area contributed by atoms with Gasteiger partial charge in [-0.15, -0.1) is 0 Å². The first-order valence-electron chi connectivity index (χ1n) is 9.28. The molecule has 1 saturated heterocycles. The molecule has 0 bridgehead atoms. The fourth-order valence-corrected chi connectivity index (χ4v) is 3.79. The lowest BCUT2D eigenvalue weighted by molar-refractivity contribution is -0.0404. The van der Waals surface area contributed by atoms with Gasteiger partial charge in [0, 0.05) is 19.2 Å². The van der Waals surface area contributed by atoms with Crippen LogP contribution in [-0.2, 0) is 4.74 Å². The summed E-state index contributed by atoms with van der Waals surface area (Å²) < 4.78 is 6.09. The van der Waals surface area contributed by atoms with Crippen molar-refractivity contribution in [3.8, 4) is 0 Å². The van der Waals surface area contributed by atoms with E-state index >= 15 is 0 Å². The van der Waals surface area contributed by atoms with Gasteiger partial charge in [-0.1, -0.05) is 27.2 Å². The second-order valence-electron chi connectivity index (χ2n) is 7.32. The molecular weight excluding hydrogens is 260 g/mol. The Morgan fingerprint density at radius 2 is 1.90 bits per heavy atom. The van der Waals surface area contributed by atoms with Gasteiger partial charge in [0.15, 0.2) is 0 Å². The van der Waals surface area contributed by atoms with Crippen molar-refractivity contribution < 1.29 is 4.74 Å². The predicted molar refractivity (Wildman–Crippen MR) is 89.7 cm³/mol. The number of nitrogens with zero attached hydrogens (tertiary/aromatic N) is 1. The SMILES string of the molecule is CCCC(C)CN1CCC(COC2CC(NCC)C2)CC1. The molecule has 3 heteroatoms. The molecule has 0 aromatic carbocycles. The number of hydrogen-bond acceptors (Lipinski definition) is 3. The number of hydrogen-bond donors (Lipinski definition) is 1. The van der Waals surface area contributed by atoms with Crippen LogP contribution >= 0.6 is 0 Å². The van der Waals surface area contributed by atoms with Crippen molar-refractivity contribution in [2.45, 2.75) is 71.4 Å². The van der Waals surface area contributed by atoms with Gasteiger partial charge in [-0.3, -0.25) is 0 Å². The monoisotopic (exact) mass is 296 g/mol. The molecule has 1 saturated carbocycles. The lowest BCUT2D eigenvalue weighted by Crippen LogP contribution is -2.46. The van der Waals surface area contributed by atoms with E-state index in [0.29, 0.717) is 6.10 Å². The Morgan fingerprint density at radius 3 is 2.52 bits per heavy atom. The fraction of sp³-hybridized carbons (Fsp3) is 1.00. The smallest absolute Gasteiger partial charge is 0.0605 e. The fourth-order valence-electron chi connectivity index (χ4n) is 3.79. The summed E-state index contributed by atoms with van der Waals surface area (Å²) in [6.07, 6.45) is 8.35. The minimum atomic E-state index is 0.539. The average molecular weight is 296 g/mol. The molecule has 0 aromatic rings. The van der Waals surface area contributed by atoms with Gasteiger partial charge in [0.1, 0.15) is 0 Å². The van der Waals surface area contributed by atoms with Crippen molar-refractivity contribution in [3.05, 3.63) is 0 Å². The summed E-state index contributed by atoms with van der Waals surface area (Å²) in [7, 11) is 0. The van der Waals surface area contributed by atoms with Gasteiger partial charge in [0.05, 0.1) is 6.10 Å². The van der Waals surface area contributed by atoms with E-state index in [2.05, 4.69) is 31.0 Å². The number of piperidine rings is 1. The molecule has 1 unspecified atom stereocenters. The van der Waals surface area contributed by atoms with Crippen LogP contribution in [-0.4, -0.2) is 49.8 Å². The Labute approximate surface area is 131 Å². The standard InChI is InChI=1S/C18H36N2O/c1-4-6-15(3)13-20-9-7-16(8-10-20)14-21-18-11-17(12-18)19-5-2/h15-19H,4-14H2,1-3H3. The Morgan fingerprint density at radius 1 is 1.19 bits per heavy atom. The highest BCUT2D eigenvalue weighted by atomic mass is 16.5. The minimum Gasteiger partial charge on any atom is -0.378 e. The van der Waals surface area contributed by atoms with Crippen LogP contribution in [0.1, 0.15) is 59.3 Å². The van der Waals surface area contributed by atoms with Crippen molar-refractivity contribution in [2.75, 3.05) is 32.8 Å². The summed E-state index contributed by atoms with van der Waals surface area (Å²) in [6, 6.07) is 0.724. The molecule has 1 atom stereocenters. The number of likely N-dealkylation sites (tertiary alicyclic amines) is 1. The summed E-state index contributed by atoms with van der Waals surface area (Å²) in [6.45, 7) is 12.8. The molecule has 0 aromatic heterocycles. The second-order valence-corrected chi connectivity index (χ2v) is 7.32. The van der Waals surface area contributed by atoms with E-state index in [-0.39, 0.29) is 0 Å². The van der Waals surface area contributed by atoms with Crippen LogP contribution in [0, 0.1) is 11.8 Å². The van der Waals surface area contributed by atoms with Crippen LogP contribution in [0.3, 0.4) is 0 Å². The first kappa shape index (κ1) is 17.2. The second kappa shape index (κ2) is 9.12. The van der Waals surface area contributed by atoms with E-state index in [9.17, 15) is 0 Å². The third kappa shape index (κ3) is 5.88. The zero-order chi connectivity index (χ0) is 15.1. The molecule has 124 valence electrons. The molecule has 21 heavy (non-hydrogen) atoms. The van der Waals surface area contributed by atoms with Crippen molar-refractivity contribution in [2.24, 2.45) is 11.8 Å². The van der Waals surface area contributed by atoms with Crippen LogP contribution in [0.25, 0.3) is 0 Å². The molecule has 2 rings (SSSR count). The van der Waals surface area contributed by atoms with Crippen molar-refractivity contribution in [1.29, 1.82) is 0 Å². The zero-order valence-corrected chi connectivity index (χ0v) is 14.4. The highest BCUT2D eigenvalue weighted by Crippen LogP contribution is 2.26. The maximum atomic E-state index is 6.09. The number of ether oxygens (including phenoxy) is 1. The summed E-state index contributed by atoms with van der Waals surface area (Å²) in [5, 5.41) is 3.50. The number of rotatable bonds is 9. The van der Waals surface area contributed by atoms with Gasteiger partial charge < -0.3 is 15.0 Å². The Bertz CT molecular complexity index is 270. The largest absolute Gasteiger partial charge is 0.378 e. The lowest BCUT2D eigenvalue weighted by Gasteiger charge is -2.38. The Kier molecular flexibility index (Phi) is 7.48. The van der Waals surface area contributed by atoms with Crippen LogP contribution in [0.15, 0.2) is 0 Å². The molecule has 3 nitrogen and oxygen atoms in total. The molecule has 1 N–H and O–H groups in total. The first-order chi connectivity index (χ1) is 10.2. The van der Waals surface area contributed by atoms with Crippen molar-refractivity contribution in [1.82, 2.24) is 10.2 Å². The predicted octanol–water partition coefficient (Wildman–Crippen LogP) is 3.29. The summed E-state index contributed by atoms with van der Waals surface area (Å²) in [5.41, 5.74) is 0. The van der Waals surface area contributed by atoms with Crippen LogP contribution in [0.4, 0.5) is 0 Å². The van der Waals surface area contributed by atoms with Gasteiger partial charge in [0.2, 0.25) is 0 Å². The zero-order valence-electron chi connectivity index (χ0n) is 14.4. The van der Waals surface area contributed by atoms with E-state index in [0.717, 1.165) is 31.0 Å². The molecule has 2 fully saturated rings. The quantitative estimate of drug-likeness (QED) is 0.706. The molecule has 1 aliphatic heterocycles. The van der Waals surface area contributed by atoms with E-state index in [1.165, 1.54) is 58.2 Å². The number of nitrogens with one attached hydrogen (secondary N) is 1. The normalized spacial score (nSPS) is 29.3. The molecule has 0 radical (unpaired) electrons. The van der Waals surface area contributed by atoms with E-state index in [1.807, 2.05) is 0 Å². The van der Waals surface area contributed by atoms with E-state index in [4.69, 9.17) is 4.74 Å². The third-order valence-corrected chi connectivity index (χ3v) is 5.21. The molecule has 1 aliphatic carbocycles. The average Bonchev–Trinajstić information content (AvgIpc) is 2.43. The van der Waals surface area contributed by atoms with Crippen LogP contribution in [0.5, 0.6) is 0 Å². The van der Waals surface area contributed by atoms with Crippen molar-refractivity contribution in [3.63, 3.8) is 0 Å². The van der Waals surface area contributed by atoms with E-state index < -0.39 is 0 Å². The topological polar surface area (TPSA) is 24.5 Å². The van der Waals surface area contributed by atoms with Gasteiger partial charge in [-0.05, 0) is 63.6 Å². The van der Waals surface area contributed by atoms with Gasteiger partial charge in [-0.25, -0.2) is 0 Å². The summed E-state index contributed by atoms with van der Waals surface area (Å²) in [5.74, 6) is 1.67. The van der Waals surface area contributed by atoms with Crippen LogP contribution in [0.2, 0.25) is 0 Å². The minimum absolute atomic E-state index is 0.539. The van der Waals surface area contributed by atoms with Gasteiger partial charge in [0.25, 0.3) is 0 Å². The highest BCUT2D eigenvalue weighted by Gasteiger charge is 2.30. The molecule has 1 heterocycles. The van der Waals surface area contributed by atoms with Gasteiger partial charge in [-0.2, -0.15) is 0 Å². The Hall–Kier alpha value is -0.120. The highest BCUT2D eigenvalue weighted by molar-refractivity contribution is 4.86.